The molecule has 0 fully saturated rings. The molecule has 18 heavy (non-hydrogen) atoms. The number of pyridine rings is 1. The summed E-state index contributed by atoms with van der Waals surface area (Å²) in [6.45, 7) is 0. The van der Waals surface area contributed by atoms with E-state index in [-0.39, 0.29) is 0 Å². The maximum absolute atomic E-state index is 6.17. The van der Waals surface area contributed by atoms with Crippen LogP contribution in [0, 0.1) is 0 Å². The molecule has 90 valence electrons. The van der Waals surface area contributed by atoms with Gasteiger partial charge in [-0.25, -0.2) is 4.98 Å². The molecule has 0 spiro atoms. The van der Waals surface area contributed by atoms with E-state index in [0.29, 0.717) is 5.82 Å². The molecule has 3 rings (SSSR count). The Morgan fingerprint density at radius 1 is 1.06 bits per heavy atom. The van der Waals surface area contributed by atoms with E-state index in [4.69, 9.17) is 5.73 Å². The smallest absolute Gasteiger partial charge is 0.139 e. The summed E-state index contributed by atoms with van der Waals surface area (Å²) in [5.74, 6) is 0.637. The second-order valence-corrected chi connectivity index (χ2v) is 5.67. The van der Waals surface area contributed by atoms with E-state index in [0.717, 1.165) is 25.8 Å². The highest BCUT2D eigenvalue weighted by Crippen LogP contribution is 2.32. The van der Waals surface area contributed by atoms with Crippen LogP contribution in [0.15, 0.2) is 51.5 Å². The van der Waals surface area contributed by atoms with Crippen molar-refractivity contribution in [3.8, 4) is 11.3 Å². The lowest BCUT2D eigenvalue weighted by atomic mass is 10.1. The second-order valence-electron chi connectivity index (χ2n) is 3.90. The molecule has 0 bridgehead atoms. The number of hydrogen-bond donors (Lipinski definition) is 1. The van der Waals surface area contributed by atoms with Gasteiger partial charge in [0, 0.05) is 20.7 Å². The number of imidazole rings is 1. The fourth-order valence-corrected chi connectivity index (χ4v) is 2.70. The molecule has 0 saturated heterocycles. The van der Waals surface area contributed by atoms with Gasteiger partial charge in [0.2, 0.25) is 0 Å². The zero-order valence-electron chi connectivity index (χ0n) is 9.27. The van der Waals surface area contributed by atoms with Crippen LogP contribution in [0.3, 0.4) is 0 Å². The van der Waals surface area contributed by atoms with Gasteiger partial charge in [-0.05, 0) is 34.1 Å². The number of halogens is 2. The van der Waals surface area contributed by atoms with E-state index < -0.39 is 0 Å². The van der Waals surface area contributed by atoms with E-state index in [9.17, 15) is 0 Å². The number of aromatic nitrogens is 2. The van der Waals surface area contributed by atoms with Crippen LogP contribution in [0.5, 0.6) is 0 Å². The lowest BCUT2D eigenvalue weighted by Gasteiger charge is -2.02. The zero-order valence-corrected chi connectivity index (χ0v) is 12.4. The first-order chi connectivity index (χ1) is 8.66. The van der Waals surface area contributed by atoms with Crippen LogP contribution < -0.4 is 5.73 Å². The highest BCUT2D eigenvalue weighted by atomic mass is 79.9. The van der Waals surface area contributed by atoms with Crippen LogP contribution in [0.4, 0.5) is 5.82 Å². The monoisotopic (exact) mass is 365 g/mol. The number of nitrogen functional groups attached to an aromatic ring is 1. The van der Waals surface area contributed by atoms with Crippen molar-refractivity contribution in [2.45, 2.75) is 0 Å². The van der Waals surface area contributed by atoms with Crippen molar-refractivity contribution >= 4 is 43.3 Å². The molecule has 3 nitrogen and oxygen atoms in total. The van der Waals surface area contributed by atoms with Crippen LogP contribution in [-0.4, -0.2) is 9.38 Å². The van der Waals surface area contributed by atoms with Crippen LogP contribution in [0.1, 0.15) is 0 Å². The lowest BCUT2D eigenvalue weighted by molar-refractivity contribution is 1.18. The largest absolute Gasteiger partial charge is 0.383 e. The van der Waals surface area contributed by atoms with Gasteiger partial charge in [-0.2, -0.15) is 0 Å². The van der Waals surface area contributed by atoms with Gasteiger partial charge in [-0.1, -0.05) is 34.1 Å². The molecule has 2 N–H and O–H groups in total. The topological polar surface area (TPSA) is 43.3 Å². The molecule has 2 aromatic heterocycles. The molecular formula is C13H9Br2N3. The highest BCUT2D eigenvalue weighted by Gasteiger charge is 2.13. The number of hydrogen-bond acceptors (Lipinski definition) is 2. The minimum atomic E-state index is 0.637. The normalized spacial score (nSPS) is 11.0. The van der Waals surface area contributed by atoms with Crippen LogP contribution in [-0.2, 0) is 0 Å². The molecule has 0 aliphatic rings. The van der Waals surface area contributed by atoms with E-state index in [1.165, 1.54) is 0 Å². The van der Waals surface area contributed by atoms with Gasteiger partial charge in [0.1, 0.15) is 17.2 Å². The third-order valence-electron chi connectivity index (χ3n) is 2.75. The molecule has 0 aliphatic heterocycles. The van der Waals surface area contributed by atoms with Crippen LogP contribution >= 0.6 is 31.9 Å². The number of nitrogens with zero attached hydrogens (tertiary/aromatic N) is 2. The maximum atomic E-state index is 6.17. The Bertz CT molecular complexity index is 734. The minimum absolute atomic E-state index is 0.637. The SMILES string of the molecule is Nc1c(-c2ccccc2Br)nc2ccc(Br)cn12. The number of rotatable bonds is 1. The molecule has 0 amide bonds. The van der Waals surface area contributed by atoms with Crippen molar-refractivity contribution in [1.29, 1.82) is 0 Å². The zero-order chi connectivity index (χ0) is 12.7. The molecule has 2 heterocycles. The van der Waals surface area contributed by atoms with E-state index in [1.807, 2.05) is 47.0 Å². The Hall–Kier alpha value is -1.33. The molecule has 0 unspecified atom stereocenters. The Kier molecular flexibility index (Phi) is 2.87. The maximum Gasteiger partial charge on any atom is 0.139 e. The van der Waals surface area contributed by atoms with Gasteiger partial charge in [0.15, 0.2) is 0 Å². The second kappa shape index (κ2) is 4.40. The van der Waals surface area contributed by atoms with E-state index in [1.54, 1.807) is 0 Å². The van der Waals surface area contributed by atoms with Crippen molar-refractivity contribution in [3.63, 3.8) is 0 Å². The predicted molar refractivity (Wildman–Crippen MR) is 80.4 cm³/mol. The number of nitrogens with two attached hydrogens (primary N) is 1. The summed E-state index contributed by atoms with van der Waals surface area (Å²) in [4.78, 5) is 4.57. The number of benzene rings is 1. The molecule has 0 atom stereocenters. The Balaban J connectivity index is 2.31. The predicted octanol–water partition coefficient (Wildman–Crippen LogP) is 4.11. The molecule has 0 radical (unpaired) electrons. The number of fused-ring (bicyclic) bond motifs is 1. The van der Waals surface area contributed by atoms with Gasteiger partial charge in [-0.3, -0.25) is 4.40 Å². The molecule has 0 saturated carbocycles. The first-order valence-electron chi connectivity index (χ1n) is 5.35. The fourth-order valence-electron chi connectivity index (χ4n) is 1.89. The van der Waals surface area contributed by atoms with Gasteiger partial charge >= 0.3 is 0 Å². The van der Waals surface area contributed by atoms with Crippen molar-refractivity contribution in [1.82, 2.24) is 9.38 Å². The van der Waals surface area contributed by atoms with E-state index >= 15 is 0 Å². The molecule has 0 aliphatic carbocycles. The summed E-state index contributed by atoms with van der Waals surface area (Å²) in [6, 6.07) is 11.8. The average Bonchev–Trinajstić information content (AvgIpc) is 2.68. The van der Waals surface area contributed by atoms with Crippen LogP contribution in [0.2, 0.25) is 0 Å². The Labute approximate surface area is 121 Å². The summed E-state index contributed by atoms with van der Waals surface area (Å²) in [7, 11) is 0. The van der Waals surface area contributed by atoms with Gasteiger partial charge < -0.3 is 5.73 Å². The molecule has 1 aromatic carbocycles. The van der Waals surface area contributed by atoms with Gasteiger partial charge in [0.25, 0.3) is 0 Å². The third-order valence-corrected chi connectivity index (χ3v) is 3.91. The Morgan fingerprint density at radius 3 is 2.61 bits per heavy atom. The van der Waals surface area contributed by atoms with Gasteiger partial charge in [0.05, 0.1) is 0 Å². The number of anilines is 1. The third kappa shape index (κ3) is 1.83. The van der Waals surface area contributed by atoms with Gasteiger partial charge in [-0.15, -0.1) is 0 Å². The van der Waals surface area contributed by atoms with E-state index in [2.05, 4.69) is 36.8 Å². The molecular weight excluding hydrogens is 358 g/mol. The fraction of sp³-hybridized carbons (Fsp3) is 0. The summed E-state index contributed by atoms with van der Waals surface area (Å²) >= 11 is 6.96. The first-order valence-corrected chi connectivity index (χ1v) is 6.93. The Morgan fingerprint density at radius 2 is 1.83 bits per heavy atom. The minimum Gasteiger partial charge on any atom is -0.383 e. The molecule has 5 heteroatoms. The average molecular weight is 367 g/mol. The first kappa shape index (κ1) is 11.7. The summed E-state index contributed by atoms with van der Waals surface area (Å²) in [5, 5.41) is 0. The quantitative estimate of drug-likeness (QED) is 0.704. The summed E-state index contributed by atoms with van der Waals surface area (Å²) in [6.07, 6.45) is 1.91. The van der Waals surface area contributed by atoms with Crippen molar-refractivity contribution in [3.05, 3.63) is 51.5 Å². The standard InChI is InChI=1S/C13H9Br2N3/c14-8-5-6-11-17-12(13(16)18(11)7-8)9-3-1-2-4-10(9)15/h1-7H,16H2. The van der Waals surface area contributed by atoms with Crippen molar-refractivity contribution in [2.75, 3.05) is 5.73 Å². The summed E-state index contributed by atoms with van der Waals surface area (Å²) in [5.41, 5.74) is 8.79. The highest BCUT2D eigenvalue weighted by molar-refractivity contribution is 9.10. The van der Waals surface area contributed by atoms with Crippen LogP contribution in [0.25, 0.3) is 16.9 Å². The molecule has 3 aromatic rings. The van der Waals surface area contributed by atoms with Crippen molar-refractivity contribution < 1.29 is 0 Å². The summed E-state index contributed by atoms with van der Waals surface area (Å²) < 4.78 is 3.83. The lowest BCUT2D eigenvalue weighted by Crippen LogP contribution is -1.94. The van der Waals surface area contributed by atoms with Crippen molar-refractivity contribution in [2.24, 2.45) is 0 Å².